The molecule has 6 heteroatoms. The molecule has 0 atom stereocenters. The predicted molar refractivity (Wildman–Crippen MR) is 104 cm³/mol. The predicted octanol–water partition coefficient (Wildman–Crippen LogP) is 3.22. The van der Waals surface area contributed by atoms with Crippen molar-refractivity contribution in [1.82, 2.24) is 9.80 Å². The molecular formula is C19H22BrN3O2. The number of carbonyl (C=O) groups is 2. The lowest BCUT2D eigenvalue weighted by Crippen LogP contribution is -2.29. The minimum atomic E-state index is -0.0914. The maximum atomic E-state index is 12.2. The number of hydrogen-bond acceptors (Lipinski definition) is 3. The summed E-state index contributed by atoms with van der Waals surface area (Å²) in [6, 6.07) is 14.9. The molecule has 0 aliphatic rings. The third-order valence-corrected chi connectivity index (χ3v) is 4.13. The molecule has 5 nitrogen and oxygen atoms in total. The van der Waals surface area contributed by atoms with Crippen LogP contribution in [-0.2, 0) is 11.3 Å². The maximum Gasteiger partial charge on any atom is 0.253 e. The highest BCUT2D eigenvalue weighted by Gasteiger charge is 2.10. The van der Waals surface area contributed by atoms with E-state index < -0.39 is 0 Å². The van der Waals surface area contributed by atoms with E-state index in [1.54, 1.807) is 38.4 Å². The lowest BCUT2D eigenvalue weighted by atomic mass is 10.2. The molecule has 2 aromatic carbocycles. The molecule has 25 heavy (non-hydrogen) atoms. The number of amides is 2. The van der Waals surface area contributed by atoms with E-state index in [0.29, 0.717) is 17.8 Å². The molecule has 0 aromatic heterocycles. The Bertz CT molecular complexity index is 727. The van der Waals surface area contributed by atoms with Crippen LogP contribution >= 0.6 is 15.9 Å². The van der Waals surface area contributed by atoms with Gasteiger partial charge in [0, 0.05) is 36.4 Å². The average molecular weight is 404 g/mol. The number of nitrogens with zero attached hydrogens (tertiary/aromatic N) is 2. The van der Waals surface area contributed by atoms with Gasteiger partial charge in [-0.1, -0.05) is 28.1 Å². The Morgan fingerprint density at radius 3 is 2.12 bits per heavy atom. The minimum Gasteiger partial charge on any atom is -0.345 e. The van der Waals surface area contributed by atoms with Crippen LogP contribution in [0.1, 0.15) is 15.9 Å². The summed E-state index contributed by atoms with van der Waals surface area (Å²) in [6.45, 7) is 0.978. The molecule has 0 heterocycles. The number of benzene rings is 2. The normalized spacial score (nSPS) is 10.6. The van der Waals surface area contributed by atoms with Crippen LogP contribution in [0, 0.1) is 0 Å². The third kappa shape index (κ3) is 5.99. The molecule has 0 radical (unpaired) electrons. The molecule has 2 rings (SSSR count). The smallest absolute Gasteiger partial charge is 0.253 e. The Morgan fingerprint density at radius 1 is 0.960 bits per heavy atom. The molecular weight excluding hydrogens is 382 g/mol. The number of likely N-dealkylation sites (N-methyl/N-ethyl adjacent to an activating group) is 1. The van der Waals surface area contributed by atoms with Gasteiger partial charge in [-0.05, 0) is 49.0 Å². The topological polar surface area (TPSA) is 52.7 Å². The Kier molecular flexibility index (Phi) is 6.73. The molecule has 2 amide bonds. The first-order valence-electron chi connectivity index (χ1n) is 7.89. The van der Waals surface area contributed by atoms with Crippen LogP contribution in [0.4, 0.5) is 5.69 Å². The fourth-order valence-corrected chi connectivity index (χ4v) is 2.62. The highest BCUT2D eigenvalue weighted by molar-refractivity contribution is 9.10. The monoisotopic (exact) mass is 403 g/mol. The van der Waals surface area contributed by atoms with Crippen molar-refractivity contribution in [3.8, 4) is 0 Å². The van der Waals surface area contributed by atoms with E-state index in [1.165, 1.54) is 4.90 Å². The number of halogens is 1. The van der Waals surface area contributed by atoms with Gasteiger partial charge in [-0.15, -0.1) is 0 Å². The van der Waals surface area contributed by atoms with E-state index >= 15 is 0 Å². The molecule has 0 saturated carbocycles. The Morgan fingerprint density at radius 2 is 1.56 bits per heavy atom. The molecule has 0 fully saturated rings. The van der Waals surface area contributed by atoms with E-state index in [4.69, 9.17) is 0 Å². The maximum absolute atomic E-state index is 12.2. The zero-order chi connectivity index (χ0) is 18.4. The summed E-state index contributed by atoms with van der Waals surface area (Å²) in [6.07, 6.45) is 0. The first-order valence-corrected chi connectivity index (χ1v) is 8.69. The van der Waals surface area contributed by atoms with Crippen molar-refractivity contribution in [2.75, 3.05) is 33.0 Å². The van der Waals surface area contributed by atoms with Gasteiger partial charge in [-0.25, -0.2) is 0 Å². The zero-order valence-electron chi connectivity index (χ0n) is 14.6. The largest absolute Gasteiger partial charge is 0.345 e. The van der Waals surface area contributed by atoms with Crippen molar-refractivity contribution < 1.29 is 9.59 Å². The van der Waals surface area contributed by atoms with E-state index in [1.807, 2.05) is 36.2 Å². The Labute approximate surface area is 156 Å². The van der Waals surface area contributed by atoms with Crippen LogP contribution in [0.25, 0.3) is 0 Å². The zero-order valence-corrected chi connectivity index (χ0v) is 16.2. The number of nitrogens with one attached hydrogen (secondary N) is 1. The highest BCUT2D eigenvalue weighted by atomic mass is 79.9. The first-order chi connectivity index (χ1) is 11.8. The minimum absolute atomic E-state index is 0.0629. The van der Waals surface area contributed by atoms with Crippen LogP contribution < -0.4 is 5.32 Å². The fraction of sp³-hybridized carbons (Fsp3) is 0.263. The SMILES string of the molecule is CN(CC(=O)Nc1ccc(C(=O)N(C)C)cc1)Cc1ccc(Br)cc1. The van der Waals surface area contributed by atoms with Crippen LogP contribution in [-0.4, -0.2) is 49.3 Å². The molecule has 132 valence electrons. The van der Waals surface area contributed by atoms with Crippen LogP contribution in [0.2, 0.25) is 0 Å². The first kappa shape index (κ1) is 19.1. The van der Waals surface area contributed by atoms with Gasteiger partial charge in [0.2, 0.25) is 5.91 Å². The van der Waals surface area contributed by atoms with Gasteiger partial charge in [0.05, 0.1) is 6.54 Å². The quantitative estimate of drug-likeness (QED) is 0.805. The van der Waals surface area contributed by atoms with E-state index in [-0.39, 0.29) is 18.4 Å². The summed E-state index contributed by atoms with van der Waals surface area (Å²) >= 11 is 3.41. The molecule has 0 aliphatic heterocycles. The molecule has 0 unspecified atom stereocenters. The van der Waals surface area contributed by atoms with E-state index in [2.05, 4.69) is 21.2 Å². The second-order valence-electron chi connectivity index (χ2n) is 6.12. The van der Waals surface area contributed by atoms with Crippen LogP contribution in [0.15, 0.2) is 53.0 Å². The number of carbonyl (C=O) groups excluding carboxylic acids is 2. The molecule has 0 bridgehead atoms. The Balaban J connectivity index is 1.87. The molecule has 1 N–H and O–H groups in total. The third-order valence-electron chi connectivity index (χ3n) is 3.60. The molecule has 0 spiro atoms. The van der Waals surface area contributed by atoms with Crippen molar-refractivity contribution in [2.45, 2.75) is 6.54 Å². The summed E-state index contributed by atoms with van der Waals surface area (Å²) in [5, 5.41) is 2.85. The van der Waals surface area contributed by atoms with Crippen molar-refractivity contribution in [3.63, 3.8) is 0 Å². The molecule has 2 aromatic rings. The van der Waals surface area contributed by atoms with Gasteiger partial charge in [0.15, 0.2) is 0 Å². The number of rotatable bonds is 6. The summed E-state index contributed by atoms with van der Waals surface area (Å²) in [5.74, 6) is -0.154. The average Bonchev–Trinajstić information content (AvgIpc) is 2.56. The fourth-order valence-electron chi connectivity index (χ4n) is 2.36. The van der Waals surface area contributed by atoms with Gasteiger partial charge < -0.3 is 10.2 Å². The molecule has 0 saturated heterocycles. The van der Waals surface area contributed by atoms with E-state index in [0.717, 1.165) is 10.0 Å². The van der Waals surface area contributed by atoms with Crippen molar-refractivity contribution in [2.24, 2.45) is 0 Å². The van der Waals surface area contributed by atoms with Crippen molar-refractivity contribution in [3.05, 3.63) is 64.1 Å². The van der Waals surface area contributed by atoms with Gasteiger partial charge >= 0.3 is 0 Å². The van der Waals surface area contributed by atoms with E-state index in [9.17, 15) is 9.59 Å². The lowest BCUT2D eigenvalue weighted by molar-refractivity contribution is -0.117. The standard InChI is InChI=1S/C19H22BrN3O2/c1-22(2)19(25)15-6-10-17(11-7-15)21-18(24)13-23(3)12-14-4-8-16(20)9-5-14/h4-11H,12-13H2,1-3H3,(H,21,24). The number of anilines is 1. The molecule has 0 aliphatic carbocycles. The highest BCUT2D eigenvalue weighted by Crippen LogP contribution is 2.13. The van der Waals surface area contributed by atoms with Crippen molar-refractivity contribution >= 4 is 33.4 Å². The van der Waals surface area contributed by atoms with Gasteiger partial charge in [-0.2, -0.15) is 0 Å². The Hall–Kier alpha value is -2.18. The summed E-state index contributed by atoms with van der Waals surface area (Å²) in [4.78, 5) is 27.5. The van der Waals surface area contributed by atoms with Crippen molar-refractivity contribution in [1.29, 1.82) is 0 Å². The van der Waals surface area contributed by atoms with Gasteiger partial charge in [0.25, 0.3) is 5.91 Å². The second-order valence-corrected chi connectivity index (χ2v) is 7.04. The summed E-state index contributed by atoms with van der Waals surface area (Å²) < 4.78 is 1.04. The van der Waals surface area contributed by atoms with Crippen LogP contribution in [0.3, 0.4) is 0 Å². The van der Waals surface area contributed by atoms with Gasteiger partial charge in [0.1, 0.15) is 0 Å². The van der Waals surface area contributed by atoms with Gasteiger partial charge in [-0.3, -0.25) is 14.5 Å². The summed E-state index contributed by atoms with van der Waals surface area (Å²) in [5.41, 5.74) is 2.41. The number of hydrogen-bond donors (Lipinski definition) is 1. The second kappa shape index (κ2) is 8.78. The van der Waals surface area contributed by atoms with Crippen LogP contribution in [0.5, 0.6) is 0 Å². The lowest BCUT2D eigenvalue weighted by Gasteiger charge is -2.16. The summed E-state index contributed by atoms with van der Waals surface area (Å²) in [7, 11) is 5.32.